The quantitative estimate of drug-likeness (QED) is 0.520. The van der Waals surface area contributed by atoms with Gasteiger partial charge in [-0.2, -0.15) is 0 Å². The molecule has 2 saturated heterocycles. The van der Waals surface area contributed by atoms with Crippen LogP contribution in [0, 0.1) is 17.8 Å². The van der Waals surface area contributed by atoms with Crippen molar-refractivity contribution in [2.45, 2.75) is 87.5 Å². The van der Waals surface area contributed by atoms with Crippen molar-refractivity contribution >= 4 is 22.0 Å². The van der Waals surface area contributed by atoms with E-state index in [4.69, 9.17) is 0 Å². The number of hydrogen-bond acceptors (Lipinski definition) is 6. The molecule has 204 valence electrons. The van der Waals surface area contributed by atoms with Gasteiger partial charge in [0.1, 0.15) is 17.6 Å². The molecule has 0 radical (unpaired) electrons. The standard InChI is InChI=1S/C24H39F2N5O4S/c1-24(7-8-24)28-36(34,35)21-9-18-20(10-19(21)26)30(13-15-3-5-17(25)6-4-15)23(33)31(22(18)32)14-16-11-27-29(2)12-16/h15-21,27-28H,3-14H2,1-2H3. The molecule has 12 heteroatoms. The highest BCUT2D eigenvalue weighted by atomic mass is 32.2. The molecule has 5 unspecified atom stereocenters. The largest absolute Gasteiger partial charge is 0.326 e. The molecule has 36 heavy (non-hydrogen) atoms. The number of amides is 3. The highest BCUT2D eigenvalue weighted by Gasteiger charge is 2.56. The van der Waals surface area contributed by atoms with E-state index < -0.39 is 57.1 Å². The van der Waals surface area contributed by atoms with E-state index >= 15 is 4.39 Å². The number of fused-ring (bicyclic) bond motifs is 1. The first-order chi connectivity index (χ1) is 17.0. The molecule has 5 aliphatic rings. The topological polar surface area (TPSA) is 102 Å². The molecule has 0 aromatic heterocycles. The van der Waals surface area contributed by atoms with E-state index in [-0.39, 0.29) is 31.2 Å². The predicted molar refractivity (Wildman–Crippen MR) is 130 cm³/mol. The fraction of sp³-hybridized carbons (Fsp3) is 0.917. The Morgan fingerprint density at radius 2 is 1.75 bits per heavy atom. The molecular weight excluding hydrogens is 492 g/mol. The third-order valence-corrected chi connectivity index (χ3v) is 11.0. The summed E-state index contributed by atoms with van der Waals surface area (Å²) in [7, 11) is -2.07. The number of alkyl halides is 2. The summed E-state index contributed by atoms with van der Waals surface area (Å²) in [4.78, 5) is 30.2. The summed E-state index contributed by atoms with van der Waals surface area (Å²) < 4.78 is 58.1. The maximum atomic E-state index is 15.5. The minimum absolute atomic E-state index is 0.0526. The van der Waals surface area contributed by atoms with Crippen molar-refractivity contribution in [3.63, 3.8) is 0 Å². The highest BCUT2D eigenvalue weighted by Crippen LogP contribution is 2.42. The summed E-state index contributed by atoms with van der Waals surface area (Å²) in [6.45, 7) is 3.70. The number of sulfonamides is 1. The van der Waals surface area contributed by atoms with Gasteiger partial charge >= 0.3 is 6.03 Å². The molecule has 3 amide bonds. The lowest BCUT2D eigenvalue weighted by Crippen LogP contribution is -2.67. The van der Waals surface area contributed by atoms with Crippen molar-refractivity contribution in [3.8, 4) is 0 Å². The van der Waals surface area contributed by atoms with Crippen molar-refractivity contribution < 1.29 is 26.8 Å². The van der Waals surface area contributed by atoms with Crippen LogP contribution in [0.25, 0.3) is 0 Å². The van der Waals surface area contributed by atoms with Crippen molar-refractivity contribution in [2.24, 2.45) is 17.8 Å². The molecule has 5 atom stereocenters. The zero-order valence-corrected chi connectivity index (χ0v) is 22.0. The van der Waals surface area contributed by atoms with Crippen molar-refractivity contribution in [2.75, 3.05) is 33.2 Å². The van der Waals surface area contributed by atoms with Gasteiger partial charge in [0, 0.05) is 57.1 Å². The van der Waals surface area contributed by atoms with Crippen LogP contribution in [0.2, 0.25) is 0 Å². The molecule has 0 aromatic carbocycles. The summed E-state index contributed by atoms with van der Waals surface area (Å²) in [5, 5.41) is 0.596. The molecule has 2 aliphatic heterocycles. The highest BCUT2D eigenvalue weighted by molar-refractivity contribution is 7.90. The molecule has 5 rings (SSSR count). The number of imide groups is 1. The summed E-state index contributed by atoms with van der Waals surface area (Å²) in [5.74, 6) is -1.02. The third kappa shape index (κ3) is 5.28. The smallest absolute Gasteiger partial charge is 0.320 e. The molecule has 0 spiro atoms. The lowest BCUT2D eigenvalue weighted by Gasteiger charge is -2.50. The van der Waals surface area contributed by atoms with Crippen LogP contribution in [-0.2, 0) is 14.8 Å². The number of nitrogens with zero attached hydrogens (tertiary/aromatic N) is 3. The van der Waals surface area contributed by atoms with Crippen LogP contribution in [0.4, 0.5) is 13.6 Å². The number of rotatable bonds is 7. The Hall–Kier alpha value is -1.37. The Labute approximate surface area is 212 Å². The van der Waals surface area contributed by atoms with E-state index in [1.54, 1.807) is 11.8 Å². The van der Waals surface area contributed by atoms with Crippen LogP contribution < -0.4 is 10.1 Å². The minimum atomic E-state index is -3.97. The third-order valence-electron chi connectivity index (χ3n) is 8.92. The van der Waals surface area contributed by atoms with Gasteiger partial charge in [-0.15, -0.1) is 0 Å². The van der Waals surface area contributed by atoms with E-state index in [0.29, 0.717) is 58.2 Å². The zero-order valence-electron chi connectivity index (χ0n) is 21.2. The zero-order chi connectivity index (χ0) is 25.8. The lowest BCUT2D eigenvalue weighted by molar-refractivity contribution is -0.142. The van der Waals surface area contributed by atoms with E-state index in [2.05, 4.69) is 10.1 Å². The van der Waals surface area contributed by atoms with Crippen LogP contribution in [0.5, 0.6) is 0 Å². The Morgan fingerprint density at radius 1 is 1.06 bits per heavy atom. The normalized spacial score (nSPS) is 39.4. The lowest BCUT2D eigenvalue weighted by atomic mass is 9.78. The number of nitrogens with one attached hydrogen (secondary N) is 2. The van der Waals surface area contributed by atoms with Crippen molar-refractivity contribution in [1.29, 1.82) is 0 Å². The summed E-state index contributed by atoms with van der Waals surface area (Å²) in [6, 6.07) is -1.10. The molecular formula is C24H39F2N5O4S. The van der Waals surface area contributed by atoms with Gasteiger partial charge in [0.15, 0.2) is 0 Å². The van der Waals surface area contributed by atoms with E-state index in [1.165, 1.54) is 4.90 Å². The Morgan fingerprint density at radius 3 is 2.36 bits per heavy atom. The van der Waals surface area contributed by atoms with Crippen molar-refractivity contribution in [3.05, 3.63) is 0 Å². The molecule has 0 aromatic rings. The SMILES string of the molecule is CN1CC(CN2C(=O)C3CC(S(=O)(=O)NC4(C)CC4)C(F)CC3N(CC3CCC(F)CC3)C2=O)CN1. The number of hydrazine groups is 1. The molecule has 2 heterocycles. The first-order valence-electron chi connectivity index (χ1n) is 13.3. The summed E-state index contributed by atoms with van der Waals surface area (Å²) in [5.41, 5.74) is 2.65. The number of carbonyl (C=O) groups excluding carboxylic acids is 2. The van der Waals surface area contributed by atoms with Crippen LogP contribution in [0.1, 0.15) is 58.3 Å². The van der Waals surface area contributed by atoms with Gasteiger partial charge in [0.2, 0.25) is 15.9 Å². The summed E-state index contributed by atoms with van der Waals surface area (Å²) in [6.07, 6.45) is 0.783. The van der Waals surface area contributed by atoms with Gasteiger partial charge in [0.05, 0.1) is 5.92 Å². The number of hydrogen-bond donors (Lipinski definition) is 2. The molecule has 5 fully saturated rings. The van der Waals surface area contributed by atoms with Gasteiger partial charge in [-0.05, 0) is 57.8 Å². The molecule has 2 N–H and O–H groups in total. The first-order valence-corrected chi connectivity index (χ1v) is 14.9. The second kappa shape index (κ2) is 9.74. The Kier molecular flexibility index (Phi) is 7.10. The van der Waals surface area contributed by atoms with Gasteiger partial charge in [-0.1, -0.05) is 0 Å². The monoisotopic (exact) mass is 531 g/mol. The Balaban J connectivity index is 1.38. The second-order valence-corrected chi connectivity index (χ2v) is 13.9. The Bertz CT molecular complexity index is 972. The number of carbonyl (C=O) groups is 2. The minimum Gasteiger partial charge on any atom is -0.320 e. The average molecular weight is 532 g/mol. The van der Waals surface area contributed by atoms with E-state index in [0.717, 1.165) is 0 Å². The molecule has 0 bridgehead atoms. The van der Waals surface area contributed by atoms with Crippen LogP contribution in [-0.4, -0.2) is 97.6 Å². The van der Waals surface area contributed by atoms with E-state index in [1.807, 2.05) is 12.1 Å². The van der Waals surface area contributed by atoms with Gasteiger partial charge < -0.3 is 4.90 Å². The number of halogens is 2. The molecule has 3 aliphatic carbocycles. The van der Waals surface area contributed by atoms with Crippen LogP contribution in [0.15, 0.2) is 0 Å². The maximum absolute atomic E-state index is 15.5. The van der Waals surface area contributed by atoms with Gasteiger partial charge in [0.25, 0.3) is 0 Å². The van der Waals surface area contributed by atoms with Gasteiger partial charge in [-0.3, -0.25) is 15.1 Å². The maximum Gasteiger partial charge on any atom is 0.326 e. The summed E-state index contributed by atoms with van der Waals surface area (Å²) >= 11 is 0. The molecule has 9 nitrogen and oxygen atoms in total. The van der Waals surface area contributed by atoms with Crippen LogP contribution in [0.3, 0.4) is 0 Å². The predicted octanol–water partition coefficient (Wildman–Crippen LogP) is 1.80. The van der Waals surface area contributed by atoms with E-state index in [9.17, 15) is 22.4 Å². The second-order valence-electron chi connectivity index (χ2n) is 12.0. The fourth-order valence-electron chi connectivity index (χ4n) is 6.48. The van der Waals surface area contributed by atoms with Crippen molar-refractivity contribution in [1.82, 2.24) is 25.0 Å². The number of urea groups is 1. The molecule has 3 saturated carbocycles. The fourth-order valence-corrected chi connectivity index (χ4v) is 8.48. The van der Waals surface area contributed by atoms with Gasteiger partial charge in [-0.25, -0.2) is 31.7 Å². The first kappa shape index (κ1) is 26.2. The average Bonchev–Trinajstić information content (AvgIpc) is 3.38. The van der Waals surface area contributed by atoms with Crippen LogP contribution >= 0.6 is 0 Å².